The zero-order valence-electron chi connectivity index (χ0n) is 9.34. The predicted molar refractivity (Wildman–Crippen MR) is 68.2 cm³/mol. The molecule has 0 aliphatic carbocycles. The van der Waals surface area contributed by atoms with Gasteiger partial charge >= 0.3 is 5.97 Å². The number of aromatic carboxylic acids is 1. The van der Waals surface area contributed by atoms with Crippen molar-refractivity contribution in [3.63, 3.8) is 0 Å². The van der Waals surface area contributed by atoms with E-state index < -0.39 is 11.4 Å². The first-order valence-electron chi connectivity index (χ1n) is 5.24. The van der Waals surface area contributed by atoms with Crippen molar-refractivity contribution >= 4 is 17.6 Å². The molecule has 0 radical (unpaired) electrons. The summed E-state index contributed by atoms with van der Waals surface area (Å²) in [5, 5.41) is 9.51. The standard InChI is InChI=1S/C13H10ClNO3/c14-10-3-1-9(2-4-10)7-15-6-5-12(16)11(8-15)13(17)18/h1-6,8H,7H2,(H,17,18). The van der Waals surface area contributed by atoms with Crippen LogP contribution in [0.2, 0.25) is 5.02 Å². The molecule has 0 aliphatic rings. The van der Waals surface area contributed by atoms with Gasteiger partial charge in [0.1, 0.15) is 5.56 Å². The predicted octanol–water partition coefficient (Wildman–Crippen LogP) is 2.25. The number of hydrogen-bond acceptors (Lipinski definition) is 2. The monoisotopic (exact) mass is 263 g/mol. The Morgan fingerprint density at radius 3 is 2.50 bits per heavy atom. The second kappa shape index (κ2) is 5.06. The minimum atomic E-state index is -1.22. The molecule has 0 unspecified atom stereocenters. The Balaban J connectivity index is 2.30. The number of nitrogens with zero attached hydrogens (tertiary/aromatic N) is 1. The van der Waals surface area contributed by atoms with E-state index in [1.165, 1.54) is 12.3 Å². The maximum Gasteiger partial charge on any atom is 0.341 e. The third-order valence-electron chi connectivity index (χ3n) is 2.49. The maximum absolute atomic E-state index is 11.3. The molecule has 0 atom stereocenters. The highest BCUT2D eigenvalue weighted by Crippen LogP contribution is 2.10. The van der Waals surface area contributed by atoms with Gasteiger partial charge in [-0.3, -0.25) is 4.79 Å². The summed E-state index contributed by atoms with van der Waals surface area (Å²) in [6.45, 7) is 0.484. The molecule has 1 aromatic heterocycles. The van der Waals surface area contributed by atoms with Gasteiger partial charge in [-0.2, -0.15) is 0 Å². The SMILES string of the molecule is O=C(O)c1cn(Cc2ccc(Cl)cc2)ccc1=O. The van der Waals surface area contributed by atoms with Crippen LogP contribution in [0.3, 0.4) is 0 Å². The first-order valence-corrected chi connectivity index (χ1v) is 5.62. The molecule has 0 bridgehead atoms. The average Bonchev–Trinajstić information content (AvgIpc) is 2.34. The molecule has 4 nitrogen and oxygen atoms in total. The summed E-state index contributed by atoms with van der Waals surface area (Å²) in [6, 6.07) is 8.47. The van der Waals surface area contributed by atoms with Crippen molar-refractivity contribution in [2.75, 3.05) is 0 Å². The fraction of sp³-hybridized carbons (Fsp3) is 0.0769. The zero-order valence-corrected chi connectivity index (χ0v) is 10.1. The van der Waals surface area contributed by atoms with Crippen molar-refractivity contribution in [1.29, 1.82) is 0 Å². The lowest BCUT2D eigenvalue weighted by Crippen LogP contribution is -2.16. The van der Waals surface area contributed by atoms with Crippen LogP contribution >= 0.6 is 11.6 Å². The fourth-order valence-corrected chi connectivity index (χ4v) is 1.71. The van der Waals surface area contributed by atoms with Crippen LogP contribution in [0.4, 0.5) is 0 Å². The number of benzene rings is 1. The second-order valence-corrected chi connectivity index (χ2v) is 4.26. The van der Waals surface area contributed by atoms with Crippen LogP contribution in [0.1, 0.15) is 15.9 Å². The molecule has 0 aliphatic heterocycles. The average molecular weight is 264 g/mol. The van der Waals surface area contributed by atoms with Gasteiger partial charge in [-0.1, -0.05) is 23.7 Å². The largest absolute Gasteiger partial charge is 0.477 e. The van der Waals surface area contributed by atoms with Crippen LogP contribution in [0, 0.1) is 0 Å². The smallest absolute Gasteiger partial charge is 0.341 e. The van der Waals surface area contributed by atoms with Crippen molar-refractivity contribution in [3.05, 3.63) is 69.1 Å². The minimum Gasteiger partial charge on any atom is -0.477 e. The Morgan fingerprint density at radius 1 is 1.22 bits per heavy atom. The van der Waals surface area contributed by atoms with Crippen LogP contribution in [-0.2, 0) is 6.54 Å². The number of aromatic nitrogens is 1. The van der Waals surface area contributed by atoms with Crippen LogP contribution in [0.25, 0.3) is 0 Å². The van der Waals surface area contributed by atoms with Crippen molar-refractivity contribution in [3.8, 4) is 0 Å². The van der Waals surface area contributed by atoms with E-state index in [1.54, 1.807) is 22.9 Å². The lowest BCUT2D eigenvalue weighted by atomic mass is 10.2. The van der Waals surface area contributed by atoms with Crippen LogP contribution in [0.15, 0.2) is 47.5 Å². The van der Waals surface area contributed by atoms with Gasteiger partial charge in [0.15, 0.2) is 5.43 Å². The molecule has 0 spiro atoms. The third-order valence-corrected chi connectivity index (χ3v) is 2.74. The molecule has 0 amide bonds. The molecule has 5 heteroatoms. The number of halogens is 1. The lowest BCUT2D eigenvalue weighted by molar-refractivity contribution is 0.0694. The van der Waals surface area contributed by atoms with E-state index in [0.29, 0.717) is 11.6 Å². The summed E-state index contributed by atoms with van der Waals surface area (Å²) in [5.41, 5.74) is 0.251. The number of hydrogen-bond donors (Lipinski definition) is 1. The summed E-state index contributed by atoms with van der Waals surface area (Å²) in [4.78, 5) is 22.1. The molecule has 0 saturated carbocycles. The van der Waals surface area contributed by atoms with E-state index in [9.17, 15) is 9.59 Å². The van der Waals surface area contributed by atoms with E-state index in [4.69, 9.17) is 16.7 Å². The van der Waals surface area contributed by atoms with Gasteiger partial charge in [-0.25, -0.2) is 4.79 Å². The minimum absolute atomic E-state index is 0.230. The van der Waals surface area contributed by atoms with Gasteiger partial charge < -0.3 is 9.67 Å². The Morgan fingerprint density at radius 2 is 1.89 bits per heavy atom. The van der Waals surface area contributed by atoms with E-state index in [2.05, 4.69) is 0 Å². The summed E-state index contributed by atoms with van der Waals surface area (Å²) in [6.07, 6.45) is 2.89. The third kappa shape index (κ3) is 2.78. The fourth-order valence-electron chi connectivity index (χ4n) is 1.59. The molecule has 0 fully saturated rings. The molecule has 2 aromatic rings. The molecular formula is C13H10ClNO3. The topological polar surface area (TPSA) is 59.3 Å². The second-order valence-electron chi connectivity index (χ2n) is 3.83. The molecule has 0 saturated heterocycles. The number of carboxylic acids is 1. The Bertz CT molecular complexity index is 631. The summed E-state index contributed by atoms with van der Waals surface area (Å²) in [7, 11) is 0. The quantitative estimate of drug-likeness (QED) is 0.924. The zero-order chi connectivity index (χ0) is 13.1. The van der Waals surface area contributed by atoms with Gasteiger partial charge in [0.25, 0.3) is 0 Å². The van der Waals surface area contributed by atoms with Crippen LogP contribution in [0.5, 0.6) is 0 Å². The van der Waals surface area contributed by atoms with Gasteiger partial charge in [0.2, 0.25) is 0 Å². The van der Waals surface area contributed by atoms with Gasteiger partial charge in [-0.05, 0) is 17.7 Å². The number of rotatable bonds is 3. The number of carbonyl (C=O) groups is 1. The van der Waals surface area contributed by atoms with Crippen molar-refractivity contribution < 1.29 is 9.90 Å². The maximum atomic E-state index is 11.3. The number of carboxylic acid groups (broad SMARTS) is 1. The van der Waals surface area contributed by atoms with Gasteiger partial charge in [0.05, 0.1) is 0 Å². The molecule has 1 heterocycles. The summed E-state index contributed by atoms with van der Waals surface area (Å²) >= 11 is 5.78. The Labute approximate surface area is 108 Å². The van der Waals surface area contributed by atoms with Gasteiger partial charge in [0, 0.05) is 30.0 Å². The highest BCUT2D eigenvalue weighted by Gasteiger charge is 2.08. The Kier molecular flexibility index (Phi) is 3.48. The summed E-state index contributed by atoms with van der Waals surface area (Å²) < 4.78 is 1.65. The molecule has 2 rings (SSSR count). The normalized spacial score (nSPS) is 10.3. The van der Waals surface area contributed by atoms with E-state index >= 15 is 0 Å². The number of pyridine rings is 1. The van der Waals surface area contributed by atoms with Crippen molar-refractivity contribution in [2.45, 2.75) is 6.54 Å². The van der Waals surface area contributed by atoms with Crippen molar-refractivity contribution in [1.82, 2.24) is 4.57 Å². The molecule has 18 heavy (non-hydrogen) atoms. The van der Waals surface area contributed by atoms with E-state index in [-0.39, 0.29) is 5.56 Å². The first kappa shape index (κ1) is 12.4. The summed E-state index contributed by atoms with van der Waals surface area (Å²) in [5.74, 6) is -1.22. The highest BCUT2D eigenvalue weighted by atomic mass is 35.5. The lowest BCUT2D eigenvalue weighted by Gasteiger charge is -2.07. The molecular weight excluding hydrogens is 254 g/mol. The Hall–Kier alpha value is -2.07. The molecule has 92 valence electrons. The van der Waals surface area contributed by atoms with Crippen LogP contribution < -0.4 is 5.43 Å². The highest BCUT2D eigenvalue weighted by molar-refractivity contribution is 6.30. The van der Waals surface area contributed by atoms with Crippen LogP contribution in [-0.4, -0.2) is 15.6 Å². The molecule has 1 N–H and O–H groups in total. The van der Waals surface area contributed by atoms with Gasteiger partial charge in [-0.15, -0.1) is 0 Å². The van der Waals surface area contributed by atoms with Crippen molar-refractivity contribution in [2.24, 2.45) is 0 Å². The first-order chi connectivity index (χ1) is 8.56. The van der Waals surface area contributed by atoms with E-state index in [1.807, 2.05) is 12.1 Å². The molecule has 1 aromatic carbocycles. The van der Waals surface area contributed by atoms with E-state index in [0.717, 1.165) is 5.56 Å².